The van der Waals surface area contributed by atoms with Crippen molar-refractivity contribution < 1.29 is 38.1 Å². The molecule has 0 saturated carbocycles. The maximum atomic E-state index is 11.1. The van der Waals surface area contributed by atoms with E-state index in [9.17, 15) is 43.3 Å². The highest BCUT2D eigenvalue weighted by molar-refractivity contribution is 7.90. The van der Waals surface area contributed by atoms with Crippen molar-refractivity contribution in [3.8, 4) is 5.75 Å². The number of hydrogen-bond acceptors (Lipinski definition) is 9. The summed E-state index contributed by atoms with van der Waals surface area (Å²) >= 11 is 0. The second-order valence-electron chi connectivity index (χ2n) is 5.11. The quantitative estimate of drug-likeness (QED) is 0.482. The van der Waals surface area contributed by atoms with Crippen LogP contribution < -0.4 is 4.72 Å². The minimum atomic E-state index is -3.55. The molecule has 0 unspecified atom stereocenters. The van der Waals surface area contributed by atoms with E-state index in [1.807, 2.05) is 4.72 Å². The third-order valence-electron chi connectivity index (χ3n) is 3.36. The highest BCUT2D eigenvalue weighted by Gasteiger charge is 2.31. The zero-order chi connectivity index (χ0) is 21.2. The molecule has 0 atom stereocenters. The van der Waals surface area contributed by atoms with Crippen molar-refractivity contribution in [1.29, 1.82) is 0 Å². The molecule has 13 nitrogen and oxygen atoms in total. The molecule has 0 spiro atoms. The van der Waals surface area contributed by atoms with Crippen LogP contribution in [0.15, 0.2) is 41.3 Å². The van der Waals surface area contributed by atoms with E-state index in [0.717, 1.165) is 0 Å². The van der Waals surface area contributed by atoms with Gasteiger partial charge in [0.1, 0.15) is 10.5 Å². The van der Waals surface area contributed by atoms with Gasteiger partial charge in [0.25, 0.3) is 21.6 Å². The molecule has 2 aromatic carbocycles. The van der Waals surface area contributed by atoms with Crippen LogP contribution >= 0.6 is 0 Å². The topological polar surface area (TPSA) is 207 Å². The number of fused-ring (bicyclic) bond motifs is 1. The van der Waals surface area contributed by atoms with E-state index in [1.165, 1.54) is 12.1 Å². The summed E-state index contributed by atoms with van der Waals surface area (Å²) in [6.45, 7) is 0. The molecular weight excluding hydrogens is 402 g/mol. The van der Waals surface area contributed by atoms with E-state index in [-0.39, 0.29) is 10.5 Å². The largest absolute Gasteiger partial charge is 0.501 e. The third-order valence-corrected chi connectivity index (χ3v) is 4.75. The van der Waals surface area contributed by atoms with Crippen molar-refractivity contribution in [2.45, 2.75) is 4.90 Å². The van der Waals surface area contributed by atoms with Crippen LogP contribution in [0.4, 0.5) is 11.4 Å². The van der Waals surface area contributed by atoms with Crippen molar-refractivity contribution in [2.24, 2.45) is 0 Å². The number of aromatic carboxylic acids is 1. The van der Waals surface area contributed by atoms with Crippen molar-refractivity contribution in [3.05, 3.63) is 67.8 Å². The molecule has 1 heterocycles. The van der Waals surface area contributed by atoms with Gasteiger partial charge in [0.15, 0.2) is 0 Å². The summed E-state index contributed by atoms with van der Waals surface area (Å²) in [4.78, 5) is 40.3. The first kappa shape index (κ1) is 20.2. The standard InChI is InChI=1S/C7H4N2O7.C7H5NO3S/c10-6-4(7(11)12)1-3(8(13)14)2-5(6)9(15)16;9-7-5-3-1-2-4-6(5)12(10,11)8-7/h1-2,10H,(H,11,12);1-4H,(H,8,9). The van der Waals surface area contributed by atoms with Gasteiger partial charge in [0.05, 0.1) is 21.5 Å². The Labute approximate surface area is 155 Å². The van der Waals surface area contributed by atoms with Gasteiger partial charge >= 0.3 is 11.7 Å². The van der Waals surface area contributed by atoms with Gasteiger partial charge in [-0.1, -0.05) is 12.1 Å². The number of benzene rings is 2. The van der Waals surface area contributed by atoms with Gasteiger partial charge in [-0.25, -0.2) is 17.9 Å². The number of rotatable bonds is 3. The van der Waals surface area contributed by atoms with Crippen molar-refractivity contribution in [3.63, 3.8) is 0 Å². The van der Waals surface area contributed by atoms with Gasteiger partial charge < -0.3 is 10.2 Å². The average molecular weight is 411 g/mol. The highest BCUT2D eigenvalue weighted by atomic mass is 32.2. The summed E-state index contributed by atoms with van der Waals surface area (Å²) in [5.41, 5.74) is -2.47. The molecule has 2 aromatic rings. The number of nitrogens with zero attached hydrogens (tertiary/aromatic N) is 2. The normalized spacial score (nSPS) is 13.5. The van der Waals surface area contributed by atoms with Crippen molar-refractivity contribution >= 4 is 33.3 Å². The van der Waals surface area contributed by atoms with Crippen LogP contribution in [0.5, 0.6) is 5.75 Å². The summed E-state index contributed by atoms with van der Waals surface area (Å²) in [5, 5.41) is 38.5. The first-order chi connectivity index (χ1) is 13.0. The van der Waals surface area contributed by atoms with Gasteiger partial charge in [0, 0.05) is 6.07 Å². The number of hydrogen-bond donors (Lipinski definition) is 3. The number of carbonyl (C=O) groups is 2. The number of aromatic hydroxyl groups is 1. The molecule has 1 aliphatic heterocycles. The summed E-state index contributed by atoms with van der Waals surface area (Å²) in [7, 11) is -3.55. The lowest BCUT2D eigenvalue weighted by Gasteiger charge is -2.00. The maximum absolute atomic E-state index is 11.1. The van der Waals surface area contributed by atoms with E-state index in [0.29, 0.717) is 12.1 Å². The van der Waals surface area contributed by atoms with Gasteiger partial charge in [0.2, 0.25) is 5.75 Å². The Morgan fingerprint density at radius 3 is 2.18 bits per heavy atom. The Kier molecular flexibility index (Phi) is 5.26. The molecule has 0 aliphatic carbocycles. The van der Waals surface area contributed by atoms with Crippen molar-refractivity contribution in [1.82, 2.24) is 4.72 Å². The van der Waals surface area contributed by atoms with Gasteiger partial charge in [-0.15, -0.1) is 0 Å². The van der Waals surface area contributed by atoms with Gasteiger partial charge in [-0.2, -0.15) is 0 Å². The van der Waals surface area contributed by atoms with E-state index < -0.39 is 54.4 Å². The number of sulfonamides is 1. The van der Waals surface area contributed by atoms with Crippen LogP contribution in [0.1, 0.15) is 20.7 Å². The predicted molar refractivity (Wildman–Crippen MR) is 89.5 cm³/mol. The molecule has 0 fully saturated rings. The maximum Gasteiger partial charge on any atom is 0.340 e. The minimum Gasteiger partial charge on any atom is -0.501 e. The number of phenols is 1. The van der Waals surface area contributed by atoms with Crippen LogP contribution in [-0.2, 0) is 10.0 Å². The van der Waals surface area contributed by atoms with Crippen LogP contribution in [-0.4, -0.2) is 40.4 Å². The number of nitro benzene ring substituents is 2. The summed E-state index contributed by atoms with van der Waals surface area (Å²) in [6, 6.07) is 7.13. The molecule has 3 rings (SSSR count). The van der Waals surface area contributed by atoms with E-state index in [4.69, 9.17) is 5.11 Å². The van der Waals surface area contributed by atoms with E-state index in [2.05, 4.69) is 0 Å². The summed E-state index contributed by atoms with van der Waals surface area (Å²) in [5.74, 6) is -3.35. The van der Waals surface area contributed by atoms with Gasteiger partial charge in [-0.05, 0) is 12.1 Å². The Bertz CT molecular complexity index is 1090. The fraction of sp³-hybridized carbons (Fsp3) is 0. The number of carboxylic acids is 1. The Morgan fingerprint density at radius 1 is 1.07 bits per heavy atom. The fourth-order valence-corrected chi connectivity index (χ4v) is 3.30. The van der Waals surface area contributed by atoms with Gasteiger partial charge in [-0.3, -0.25) is 25.0 Å². The smallest absolute Gasteiger partial charge is 0.340 e. The Morgan fingerprint density at radius 2 is 1.68 bits per heavy atom. The highest BCUT2D eigenvalue weighted by Crippen LogP contribution is 2.34. The fourth-order valence-electron chi connectivity index (χ4n) is 2.13. The number of non-ortho nitro benzene ring substituents is 1. The molecule has 0 radical (unpaired) electrons. The number of carboxylic acid groups (broad SMARTS) is 1. The predicted octanol–water partition coefficient (Wildman–Crippen LogP) is 1.03. The zero-order valence-corrected chi connectivity index (χ0v) is 14.2. The first-order valence-electron chi connectivity index (χ1n) is 7.01. The molecule has 0 bridgehead atoms. The Hall–Kier alpha value is -4.07. The lowest BCUT2D eigenvalue weighted by atomic mass is 10.1. The summed E-state index contributed by atoms with van der Waals surface area (Å²) < 4.78 is 24.2. The van der Waals surface area contributed by atoms with E-state index in [1.54, 1.807) is 12.1 Å². The van der Waals surface area contributed by atoms with E-state index >= 15 is 0 Å². The SMILES string of the molecule is O=C(O)c1cc([N+](=O)[O-])cc([N+](=O)[O-])c1O.O=C1NS(=O)(=O)c2ccccc21. The van der Waals surface area contributed by atoms with Crippen molar-refractivity contribution in [2.75, 3.05) is 0 Å². The summed E-state index contributed by atoms with van der Waals surface area (Å²) in [6.07, 6.45) is 0. The van der Waals surface area contributed by atoms with Crippen LogP contribution in [0, 0.1) is 20.2 Å². The molecule has 3 N–H and O–H groups in total. The molecule has 0 aromatic heterocycles. The average Bonchev–Trinajstić information content (AvgIpc) is 2.84. The second-order valence-corrected chi connectivity index (χ2v) is 6.76. The molecule has 146 valence electrons. The van der Waals surface area contributed by atoms with Crippen LogP contribution in [0.25, 0.3) is 0 Å². The molecule has 28 heavy (non-hydrogen) atoms. The number of nitro groups is 2. The molecular formula is C14H9N3O10S. The molecule has 1 aliphatic rings. The monoisotopic (exact) mass is 411 g/mol. The van der Waals surface area contributed by atoms with Crippen LogP contribution in [0.2, 0.25) is 0 Å². The third kappa shape index (κ3) is 3.85. The van der Waals surface area contributed by atoms with Crippen LogP contribution in [0.3, 0.4) is 0 Å². The first-order valence-corrected chi connectivity index (χ1v) is 8.49. The zero-order valence-electron chi connectivity index (χ0n) is 13.4. The number of carbonyl (C=O) groups excluding carboxylic acids is 1. The Balaban J connectivity index is 0.000000207. The number of nitrogens with one attached hydrogen (secondary N) is 1. The molecule has 1 amide bonds. The molecule has 0 saturated heterocycles. The lowest BCUT2D eigenvalue weighted by Crippen LogP contribution is -2.20. The minimum absolute atomic E-state index is 0.0648. The lowest BCUT2D eigenvalue weighted by molar-refractivity contribution is -0.394. The second kappa shape index (κ2) is 7.28. The number of amides is 1. The molecule has 14 heteroatoms.